The topological polar surface area (TPSA) is 78.2 Å². The number of amides is 1. The number of benzene rings is 1. The Morgan fingerprint density at radius 2 is 2.07 bits per heavy atom. The molecule has 158 valence electrons. The summed E-state index contributed by atoms with van der Waals surface area (Å²) in [6.07, 6.45) is 3.66. The largest absolute Gasteiger partial charge is 0.497 e. The molecule has 0 saturated carbocycles. The molecule has 8 heteroatoms. The SMILES string of the molecule is COc1ccc(-c2cc(C(=O)NCCCn3nc4n(c3=O)CCCC4)sc2C)cc1. The van der Waals surface area contributed by atoms with E-state index in [-0.39, 0.29) is 11.6 Å². The van der Waals surface area contributed by atoms with Crippen LogP contribution in [0.2, 0.25) is 0 Å². The molecule has 0 aliphatic carbocycles. The lowest BCUT2D eigenvalue weighted by atomic mass is 10.1. The third kappa shape index (κ3) is 4.18. The molecular weight excluding hydrogens is 400 g/mol. The summed E-state index contributed by atoms with van der Waals surface area (Å²) < 4.78 is 8.51. The number of hydrogen-bond acceptors (Lipinski definition) is 5. The number of aryl methyl sites for hydroxylation is 3. The molecule has 0 spiro atoms. The van der Waals surface area contributed by atoms with Gasteiger partial charge in [-0.25, -0.2) is 9.48 Å². The van der Waals surface area contributed by atoms with Gasteiger partial charge in [0, 0.05) is 30.9 Å². The minimum atomic E-state index is -0.0839. The van der Waals surface area contributed by atoms with Crippen LogP contribution >= 0.6 is 11.3 Å². The Hall–Kier alpha value is -2.87. The average molecular weight is 427 g/mol. The second kappa shape index (κ2) is 8.87. The van der Waals surface area contributed by atoms with Gasteiger partial charge in [-0.2, -0.15) is 5.10 Å². The maximum Gasteiger partial charge on any atom is 0.345 e. The van der Waals surface area contributed by atoms with Crippen molar-refractivity contribution in [1.29, 1.82) is 0 Å². The summed E-state index contributed by atoms with van der Waals surface area (Å²) in [6, 6.07) is 9.77. The number of fused-ring (bicyclic) bond motifs is 1. The molecule has 0 bridgehead atoms. The van der Waals surface area contributed by atoms with Gasteiger partial charge in [-0.1, -0.05) is 12.1 Å². The van der Waals surface area contributed by atoms with Gasteiger partial charge in [-0.3, -0.25) is 9.36 Å². The fourth-order valence-electron chi connectivity index (χ4n) is 3.76. The highest BCUT2D eigenvalue weighted by Crippen LogP contribution is 2.32. The van der Waals surface area contributed by atoms with Crippen molar-refractivity contribution in [3.8, 4) is 16.9 Å². The van der Waals surface area contributed by atoms with Crippen LogP contribution in [0.3, 0.4) is 0 Å². The Labute approximate surface area is 179 Å². The van der Waals surface area contributed by atoms with E-state index in [9.17, 15) is 9.59 Å². The van der Waals surface area contributed by atoms with Gasteiger partial charge in [0.25, 0.3) is 5.91 Å². The maximum atomic E-state index is 12.6. The Balaban J connectivity index is 1.33. The molecule has 3 aromatic rings. The van der Waals surface area contributed by atoms with E-state index >= 15 is 0 Å². The molecular formula is C22H26N4O3S. The fraction of sp³-hybridized carbons (Fsp3) is 0.409. The number of methoxy groups -OCH3 is 1. The van der Waals surface area contributed by atoms with Crippen LogP contribution in [0.15, 0.2) is 35.1 Å². The van der Waals surface area contributed by atoms with Crippen LogP contribution in [0.25, 0.3) is 11.1 Å². The first-order valence-corrected chi connectivity index (χ1v) is 11.1. The predicted octanol–water partition coefficient (Wildman–Crippen LogP) is 3.25. The second-order valence-electron chi connectivity index (χ2n) is 7.45. The molecule has 0 atom stereocenters. The Kier molecular flexibility index (Phi) is 6.03. The second-order valence-corrected chi connectivity index (χ2v) is 8.71. The summed E-state index contributed by atoms with van der Waals surface area (Å²) in [4.78, 5) is 26.7. The van der Waals surface area contributed by atoms with E-state index in [1.807, 2.05) is 37.3 Å². The third-order valence-electron chi connectivity index (χ3n) is 5.41. The van der Waals surface area contributed by atoms with E-state index < -0.39 is 0 Å². The predicted molar refractivity (Wildman–Crippen MR) is 117 cm³/mol. The van der Waals surface area contributed by atoms with Gasteiger partial charge in [0.15, 0.2) is 0 Å². The highest BCUT2D eigenvalue weighted by atomic mass is 32.1. The van der Waals surface area contributed by atoms with Crippen LogP contribution in [-0.4, -0.2) is 33.9 Å². The number of ether oxygens (including phenoxy) is 1. The van der Waals surface area contributed by atoms with Gasteiger partial charge in [-0.05, 0) is 55.5 Å². The van der Waals surface area contributed by atoms with Crippen molar-refractivity contribution in [2.24, 2.45) is 0 Å². The minimum absolute atomic E-state index is 0.0333. The molecule has 0 radical (unpaired) electrons. The zero-order chi connectivity index (χ0) is 21.1. The van der Waals surface area contributed by atoms with Crippen molar-refractivity contribution in [1.82, 2.24) is 19.7 Å². The summed E-state index contributed by atoms with van der Waals surface area (Å²) in [6.45, 7) is 3.80. The van der Waals surface area contributed by atoms with Crippen molar-refractivity contribution < 1.29 is 9.53 Å². The molecule has 0 unspecified atom stereocenters. The van der Waals surface area contributed by atoms with E-state index in [0.717, 1.165) is 53.4 Å². The standard InChI is InChI=1S/C22H26N4O3S/c1-15-18(16-7-9-17(29-2)10-8-16)14-19(30-15)21(27)23-11-5-13-26-22(28)25-12-4-3-6-20(25)24-26/h7-10,14H,3-6,11-13H2,1-2H3,(H,23,27). The van der Waals surface area contributed by atoms with Crippen LogP contribution in [-0.2, 0) is 19.5 Å². The molecule has 0 fully saturated rings. The van der Waals surface area contributed by atoms with Crippen LogP contribution in [0.1, 0.15) is 39.6 Å². The van der Waals surface area contributed by atoms with Crippen molar-refractivity contribution >= 4 is 17.2 Å². The van der Waals surface area contributed by atoms with Crippen molar-refractivity contribution in [2.75, 3.05) is 13.7 Å². The molecule has 1 aliphatic rings. The molecule has 1 aliphatic heterocycles. The highest BCUT2D eigenvalue weighted by Gasteiger charge is 2.17. The average Bonchev–Trinajstić information content (AvgIpc) is 3.31. The quantitative estimate of drug-likeness (QED) is 0.589. The molecule has 1 N–H and O–H groups in total. The Bertz CT molecular complexity index is 1090. The lowest BCUT2D eigenvalue weighted by Gasteiger charge is -2.09. The summed E-state index contributed by atoms with van der Waals surface area (Å²) in [5.74, 6) is 1.61. The molecule has 2 aromatic heterocycles. The van der Waals surface area contributed by atoms with Gasteiger partial charge in [0.1, 0.15) is 11.6 Å². The van der Waals surface area contributed by atoms with Gasteiger partial charge in [0.2, 0.25) is 0 Å². The molecule has 1 amide bonds. The molecule has 3 heterocycles. The van der Waals surface area contributed by atoms with E-state index in [4.69, 9.17) is 4.74 Å². The first kappa shape index (κ1) is 20.4. The fourth-order valence-corrected chi connectivity index (χ4v) is 4.72. The molecule has 30 heavy (non-hydrogen) atoms. The number of thiophene rings is 1. The van der Waals surface area contributed by atoms with Crippen LogP contribution in [0.5, 0.6) is 5.75 Å². The number of carbonyl (C=O) groups excluding carboxylic acids is 1. The minimum Gasteiger partial charge on any atom is -0.497 e. The molecule has 1 aromatic carbocycles. The Morgan fingerprint density at radius 1 is 1.27 bits per heavy atom. The van der Waals surface area contributed by atoms with Crippen LogP contribution in [0.4, 0.5) is 0 Å². The number of aromatic nitrogens is 3. The van der Waals surface area contributed by atoms with Gasteiger partial charge in [-0.15, -0.1) is 11.3 Å². The smallest absolute Gasteiger partial charge is 0.345 e. The van der Waals surface area contributed by atoms with Gasteiger partial charge in [0.05, 0.1) is 12.0 Å². The number of nitrogens with zero attached hydrogens (tertiary/aromatic N) is 3. The molecule has 4 rings (SSSR count). The third-order valence-corrected chi connectivity index (χ3v) is 6.46. The Morgan fingerprint density at radius 3 is 2.80 bits per heavy atom. The zero-order valence-corrected chi connectivity index (χ0v) is 18.1. The van der Waals surface area contributed by atoms with Crippen LogP contribution < -0.4 is 15.7 Å². The summed E-state index contributed by atoms with van der Waals surface area (Å²) in [7, 11) is 1.64. The summed E-state index contributed by atoms with van der Waals surface area (Å²) in [5, 5.41) is 7.40. The van der Waals surface area contributed by atoms with Crippen molar-refractivity contribution in [3.05, 3.63) is 56.4 Å². The molecule has 7 nitrogen and oxygen atoms in total. The first-order valence-electron chi connectivity index (χ1n) is 10.3. The van der Waals surface area contributed by atoms with E-state index in [0.29, 0.717) is 24.4 Å². The zero-order valence-electron chi connectivity index (χ0n) is 17.3. The number of carbonyl (C=O) groups is 1. The number of hydrogen-bond donors (Lipinski definition) is 1. The van der Waals surface area contributed by atoms with Gasteiger partial charge >= 0.3 is 5.69 Å². The van der Waals surface area contributed by atoms with E-state index in [2.05, 4.69) is 10.4 Å². The van der Waals surface area contributed by atoms with Gasteiger partial charge < -0.3 is 10.1 Å². The van der Waals surface area contributed by atoms with E-state index in [1.165, 1.54) is 16.0 Å². The highest BCUT2D eigenvalue weighted by molar-refractivity contribution is 7.14. The van der Waals surface area contributed by atoms with Crippen molar-refractivity contribution in [3.63, 3.8) is 0 Å². The maximum absolute atomic E-state index is 12.6. The first-order chi connectivity index (χ1) is 14.6. The monoisotopic (exact) mass is 426 g/mol. The lowest BCUT2D eigenvalue weighted by molar-refractivity contribution is 0.0956. The number of nitrogens with one attached hydrogen (secondary N) is 1. The summed E-state index contributed by atoms with van der Waals surface area (Å²) >= 11 is 1.49. The normalized spacial score (nSPS) is 13.1. The number of rotatable bonds is 7. The van der Waals surface area contributed by atoms with Crippen LogP contribution in [0, 0.1) is 6.92 Å². The lowest BCUT2D eigenvalue weighted by Crippen LogP contribution is -2.29. The molecule has 0 saturated heterocycles. The summed E-state index contributed by atoms with van der Waals surface area (Å²) in [5.41, 5.74) is 2.09. The van der Waals surface area contributed by atoms with Crippen molar-refractivity contribution in [2.45, 2.75) is 45.7 Å². The van der Waals surface area contributed by atoms with E-state index in [1.54, 1.807) is 11.7 Å².